The standard InChI is InChI=1S/C12H18ClNO/c1-2-15-12-5-3-11(4-6-12)7-9-14-10-8-13/h3-6,14H,2,7-10H2,1H3. The zero-order valence-electron chi connectivity index (χ0n) is 9.13. The normalized spacial score (nSPS) is 10.3. The van der Waals surface area contributed by atoms with Gasteiger partial charge in [-0.1, -0.05) is 12.1 Å². The van der Waals surface area contributed by atoms with E-state index >= 15 is 0 Å². The fourth-order valence-corrected chi connectivity index (χ4v) is 1.48. The lowest BCUT2D eigenvalue weighted by Crippen LogP contribution is -2.19. The summed E-state index contributed by atoms with van der Waals surface area (Å²) in [6.45, 7) is 4.56. The van der Waals surface area contributed by atoms with E-state index in [1.54, 1.807) is 0 Å². The zero-order valence-corrected chi connectivity index (χ0v) is 9.89. The van der Waals surface area contributed by atoms with Crippen LogP contribution in [0.1, 0.15) is 12.5 Å². The van der Waals surface area contributed by atoms with E-state index < -0.39 is 0 Å². The van der Waals surface area contributed by atoms with Crippen LogP contribution in [0.4, 0.5) is 0 Å². The Bertz CT molecular complexity index is 261. The second kappa shape index (κ2) is 7.55. The molecule has 0 fully saturated rings. The van der Waals surface area contributed by atoms with Crippen LogP contribution in [0.15, 0.2) is 24.3 Å². The molecule has 15 heavy (non-hydrogen) atoms. The second-order valence-electron chi connectivity index (χ2n) is 3.27. The molecule has 0 radical (unpaired) electrons. The number of nitrogens with one attached hydrogen (secondary N) is 1. The Morgan fingerprint density at radius 1 is 1.20 bits per heavy atom. The van der Waals surface area contributed by atoms with Gasteiger partial charge in [0.05, 0.1) is 6.61 Å². The van der Waals surface area contributed by atoms with Crippen LogP contribution in [0, 0.1) is 0 Å². The summed E-state index contributed by atoms with van der Waals surface area (Å²) in [5.41, 5.74) is 1.32. The molecule has 0 spiro atoms. The highest BCUT2D eigenvalue weighted by Gasteiger charge is 1.94. The van der Waals surface area contributed by atoms with Crippen LogP contribution in [0.25, 0.3) is 0 Å². The average molecular weight is 228 g/mol. The van der Waals surface area contributed by atoms with Gasteiger partial charge in [0.2, 0.25) is 0 Å². The molecule has 0 atom stereocenters. The van der Waals surface area contributed by atoms with Crippen molar-refractivity contribution in [2.75, 3.05) is 25.6 Å². The van der Waals surface area contributed by atoms with E-state index in [4.69, 9.17) is 16.3 Å². The first-order valence-electron chi connectivity index (χ1n) is 5.35. The fourth-order valence-electron chi connectivity index (χ4n) is 1.34. The molecule has 0 saturated carbocycles. The zero-order chi connectivity index (χ0) is 10.9. The van der Waals surface area contributed by atoms with Crippen molar-refractivity contribution in [3.8, 4) is 5.75 Å². The van der Waals surface area contributed by atoms with Crippen LogP contribution < -0.4 is 10.1 Å². The van der Waals surface area contributed by atoms with Gasteiger partial charge in [-0.2, -0.15) is 0 Å². The molecular weight excluding hydrogens is 210 g/mol. The monoisotopic (exact) mass is 227 g/mol. The Hall–Kier alpha value is -0.730. The minimum Gasteiger partial charge on any atom is -0.494 e. The van der Waals surface area contributed by atoms with Crippen molar-refractivity contribution >= 4 is 11.6 Å². The first-order chi connectivity index (χ1) is 7.36. The Morgan fingerprint density at radius 3 is 2.53 bits per heavy atom. The van der Waals surface area contributed by atoms with E-state index in [2.05, 4.69) is 17.4 Å². The first-order valence-corrected chi connectivity index (χ1v) is 5.88. The molecule has 0 unspecified atom stereocenters. The molecule has 0 aliphatic heterocycles. The maximum absolute atomic E-state index is 5.56. The number of halogens is 1. The van der Waals surface area contributed by atoms with Gasteiger partial charge in [0, 0.05) is 12.4 Å². The van der Waals surface area contributed by atoms with Crippen LogP contribution in [0.2, 0.25) is 0 Å². The average Bonchev–Trinajstić information content (AvgIpc) is 2.27. The summed E-state index contributed by atoms with van der Waals surface area (Å²) in [6.07, 6.45) is 1.03. The molecule has 0 bridgehead atoms. The Balaban J connectivity index is 2.29. The molecule has 1 aromatic carbocycles. The number of hydrogen-bond donors (Lipinski definition) is 1. The van der Waals surface area contributed by atoms with Crippen molar-refractivity contribution in [2.45, 2.75) is 13.3 Å². The molecule has 0 aliphatic rings. The van der Waals surface area contributed by atoms with Gasteiger partial charge in [0.1, 0.15) is 5.75 Å². The lowest BCUT2D eigenvalue weighted by atomic mass is 10.1. The van der Waals surface area contributed by atoms with E-state index in [9.17, 15) is 0 Å². The molecule has 1 rings (SSSR count). The van der Waals surface area contributed by atoms with E-state index in [1.165, 1.54) is 5.56 Å². The van der Waals surface area contributed by atoms with Crippen molar-refractivity contribution in [3.63, 3.8) is 0 Å². The fraction of sp³-hybridized carbons (Fsp3) is 0.500. The van der Waals surface area contributed by atoms with Gasteiger partial charge in [-0.05, 0) is 37.6 Å². The van der Waals surface area contributed by atoms with E-state index in [0.29, 0.717) is 5.88 Å². The summed E-state index contributed by atoms with van der Waals surface area (Å²) in [5, 5.41) is 3.26. The van der Waals surface area contributed by atoms with Crippen molar-refractivity contribution < 1.29 is 4.74 Å². The number of hydrogen-bond acceptors (Lipinski definition) is 2. The molecule has 0 amide bonds. The van der Waals surface area contributed by atoms with Crippen molar-refractivity contribution in [1.82, 2.24) is 5.32 Å². The van der Waals surface area contributed by atoms with Crippen LogP contribution in [-0.4, -0.2) is 25.6 Å². The summed E-state index contributed by atoms with van der Waals surface area (Å²) < 4.78 is 5.37. The molecule has 84 valence electrons. The number of ether oxygens (including phenoxy) is 1. The van der Waals surface area contributed by atoms with Crippen LogP contribution >= 0.6 is 11.6 Å². The molecule has 1 N–H and O–H groups in total. The number of rotatable bonds is 7. The van der Waals surface area contributed by atoms with E-state index in [1.807, 2.05) is 19.1 Å². The van der Waals surface area contributed by atoms with Gasteiger partial charge < -0.3 is 10.1 Å². The molecule has 0 aromatic heterocycles. The van der Waals surface area contributed by atoms with Gasteiger partial charge in [-0.3, -0.25) is 0 Å². The highest BCUT2D eigenvalue weighted by molar-refractivity contribution is 6.18. The summed E-state index contributed by atoms with van der Waals surface area (Å²) in [7, 11) is 0. The lowest BCUT2D eigenvalue weighted by molar-refractivity contribution is 0.340. The third-order valence-electron chi connectivity index (χ3n) is 2.10. The summed E-state index contributed by atoms with van der Waals surface area (Å²) in [6, 6.07) is 8.24. The molecule has 3 heteroatoms. The minimum atomic E-state index is 0.670. The third-order valence-corrected chi connectivity index (χ3v) is 2.29. The Labute approximate surface area is 96.6 Å². The van der Waals surface area contributed by atoms with E-state index in [-0.39, 0.29) is 0 Å². The maximum Gasteiger partial charge on any atom is 0.119 e. The quantitative estimate of drug-likeness (QED) is 0.571. The molecule has 0 heterocycles. The molecular formula is C12H18ClNO. The topological polar surface area (TPSA) is 21.3 Å². The van der Waals surface area contributed by atoms with Gasteiger partial charge in [-0.25, -0.2) is 0 Å². The molecule has 1 aromatic rings. The summed E-state index contributed by atoms with van der Waals surface area (Å²) in [5.74, 6) is 1.61. The van der Waals surface area contributed by atoms with Crippen LogP contribution in [-0.2, 0) is 6.42 Å². The molecule has 0 saturated heterocycles. The van der Waals surface area contributed by atoms with Gasteiger partial charge in [-0.15, -0.1) is 11.6 Å². The smallest absolute Gasteiger partial charge is 0.119 e. The van der Waals surface area contributed by atoms with Gasteiger partial charge >= 0.3 is 0 Å². The number of alkyl halides is 1. The highest BCUT2D eigenvalue weighted by atomic mass is 35.5. The predicted molar refractivity (Wildman–Crippen MR) is 64.9 cm³/mol. The van der Waals surface area contributed by atoms with Crippen LogP contribution in [0.3, 0.4) is 0 Å². The van der Waals surface area contributed by atoms with Crippen molar-refractivity contribution in [1.29, 1.82) is 0 Å². The van der Waals surface area contributed by atoms with E-state index in [0.717, 1.165) is 31.9 Å². The highest BCUT2D eigenvalue weighted by Crippen LogP contribution is 2.11. The van der Waals surface area contributed by atoms with Gasteiger partial charge in [0.15, 0.2) is 0 Å². The molecule has 0 aliphatic carbocycles. The largest absolute Gasteiger partial charge is 0.494 e. The van der Waals surface area contributed by atoms with Crippen molar-refractivity contribution in [2.24, 2.45) is 0 Å². The van der Waals surface area contributed by atoms with Crippen LogP contribution in [0.5, 0.6) is 5.75 Å². The Morgan fingerprint density at radius 2 is 1.93 bits per heavy atom. The third kappa shape index (κ3) is 5.05. The lowest BCUT2D eigenvalue weighted by Gasteiger charge is -2.05. The van der Waals surface area contributed by atoms with Gasteiger partial charge in [0.25, 0.3) is 0 Å². The second-order valence-corrected chi connectivity index (χ2v) is 3.64. The predicted octanol–water partition coefficient (Wildman–Crippen LogP) is 2.46. The SMILES string of the molecule is CCOc1ccc(CCNCCCl)cc1. The molecule has 2 nitrogen and oxygen atoms in total. The minimum absolute atomic E-state index is 0.670. The first kappa shape index (κ1) is 12.3. The summed E-state index contributed by atoms with van der Waals surface area (Å²) in [4.78, 5) is 0. The van der Waals surface area contributed by atoms with Crippen molar-refractivity contribution in [3.05, 3.63) is 29.8 Å². The maximum atomic E-state index is 5.56. The number of benzene rings is 1. The summed E-state index contributed by atoms with van der Waals surface area (Å²) >= 11 is 5.56. The Kier molecular flexibility index (Phi) is 6.21.